The van der Waals surface area contributed by atoms with Crippen LogP contribution in [0.4, 0.5) is 5.82 Å². The van der Waals surface area contributed by atoms with Crippen molar-refractivity contribution in [3.63, 3.8) is 0 Å². The molecule has 0 bridgehead atoms. The van der Waals surface area contributed by atoms with Crippen LogP contribution in [0.5, 0.6) is 0 Å². The van der Waals surface area contributed by atoms with Crippen LogP contribution in [0.1, 0.15) is 17.4 Å². The van der Waals surface area contributed by atoms with Gasteiger partial charge in [0.25, 0.3) is 0 Å². The minimum atomic E-state index is -1.12. The molecule has 0 fully saturated rings. The number of nitrogens with one attached hydrogen (secondary N) is 1. The van der Waals surface area contributed by atoms with Gasteiger partial charge in [-0.25, -0.2) is 9.78 Å². The Kier molecular flexibility index (Phi) is 4.36. The summed E-state index contributed by atoms with van der Waals surface area (Å²) in [5.41, 5.74) is -0.115. The van der Waals surface area contributed by atoms with E-state index in [2.05, 4.69) is 15.3 Å². The fourth-order valence-electron chi connectivity index (χ4n) is 0.920. The predicted octanol–water partition coefficient (Wildman–Crippen LogP) is 0.354. The molecule has 0 aliphatic rings. The third-order valence-electron chi connectivity index (χ3n) is 1.99. The van der Waals surface area contributed by atoms with E-state index in [0.717, 1.165) is 0 Å². The maximum atomic E-state index is 11.1. The minimum Gasteiger partial charge on any atom is -0.476 e. The van der Waals surface area contributed by atoms with Crippen molar-refractivity contribution < 1.29 is 14.1 Å². The molecule has 88 valence electrons. The average molecular weight is 243 g/mol. The van der Waals surface area contributed by atoms with Gasteiger partial charge in [0, 0.05) is 28.9 Å². The standard InChI is InChI=1S/C9H13N3O3S/c1-6(16(2)15)3-11-8-5-10-4-7(12-8)9(13)14/h4-6H,3H2,1-2H3,(H,11,12)(H,13,14). The molecule has 16 heavy (non-hydrogen) atoms. The van der Waals surface area contributed by atoms with E-state index in [1.54, 1.807) is 6.26 Å². The summed E-state index contributed by atoms with van der Waals surface area (Å²) in [6, 6.07) is 0. The van der Waals surface area contributed by atoms with E-state index in [9.17, 15) is 9.00 Å². The summed E-state index contributed by atoms with van der Waals surface area (Å²) in [5, 5.41) is 11.6. The van der Waals surface area contributed by atoms with Gasteiger partial charge in [-0.05, 0) is 6.92 Å². The van der Waals surface area contributed by atoms with Crippen LogP contribution in [-0.2, 0) is 10.8 Å². The highest BCUT2D eigenvalue weighted by molar-refractivity contribution is 7.84. The average Bonchev–Trinajstić information content (AvgIpc) is 2.26. The smallest absolute Gasteiger partial charge is 0.356 e. The van der Waals surface area contributed by atoms with Crippen LogP contribution >= 0.6 is 0 Å². The number of nitrogens with zero attached hydrogens (tertiary/aromatic N) is 2. The van der Waals surface area contributed by atoms with Crippen molar-refractivity contribution in [1.82, 2.24) is 9.97 Å². The van der Waals surface area contributed by atoms with Crippen molar-refractivity contribution in [1.29, 1.82) is 0 Å². The monoisotopic (exact) mass is 243 g/mol. The highest BCUT2D eigenvalue weighted by Gasteiger charge is 2.08. The molecule has 0 saturated carbocycles. The molecule has 2 atom stereocenters. The van der Waals surface area contributed by atoms with Crippen LogP contribution in [0.15, 0.2) is 12.4 Å². The molecule has 0 radical (unpaired) electrons. The first-order valence-electron chi connectivity index (χ1n) is 4.62. The molecule has 1 heterocycles. The van der Waals surface area contributed by atoms with Crippen LogP contribution in [0.3, 0.4) is 0 Å². The lowest BCUT2D eigenvalue weighted by molar-refractivity contribution is 0.0690. The van der Waals surface area contributed by atoms with Gasteiger partial charge < -0.3 is 10.4 Å². The summed E-state index contributed by atoms with van der Waals surface area (Å²) >= 11 is 0. The summed E-state index contributed by atoms with van der Waals surface area (Å²) < 4.78 is 11.1. The second-order valence-electron chi connectivity index (χ2n) is 3.28. The van der Waals surface area contributed by atoms with E-state index in [4.69, 9.17) is 5.11 Å². The molecule has 0 amide bonds. The summed E-state index contributed by atoms with van der Waals surface area (Å²) in [6.45, 7) is 2.29. The number of anilines is 1. The van der Waals surface area contributed by atoms with Crippen molar-refractivity contribution in [2.24, 2.45) is 0 Å². The quantitative estimate of drug-likeness (QED) is 0.775. The SMILES string of the molecule is CC(CNc1cncc(C(=O)O)n1)S(C)=O. The Morgan fingerprint density at radius 3 is 2.88 bits per heavy atom. The van der Waals surface area contributed by atoms with Crippen molar-refractivity contribution in [2.45, 2.75) is 12.2 Å². The number of aromatic nitrogens is 2. The molecule has 6 nitrogen and oxygen atoms in total. The molecule has 0 spiro atoms. The van der Waals surface area contributed by atoms with Crippen LogP contribution in [-0.4, -0.2) is 43.3 Å². The second kappa shape index (κ2) is 5.55. The molecule has 1 aromatic heterocycles. The molecule has 1 aromatic rings. The van der Waals surface area contributed by atoms with Crippen molar-refractivity contribution in [2.75, 3.05) is 18.1 Å². The Morgan fingerprint density at radius 1 is 1.62 bits per heavy atom. The maximum Gasteiger partial charge on any atom is 0.356 e. The molecule has 1 rings (SSSR count). The fraction of sp³-hybridized carbons (Fsp3) is 0.444. The van der Waals surface area contributed by atoms with Gasteiger partial charge in [0.2, 0.25) is 0 Å². The van der Waals surface area contributed by atoms with E-state index in [1.165, 1.54) is 12.4 Å². The zero-order chi connectivity index (χ0) is 12.1. The highest BCUT2D eigenvalue weighted by atomic mass is 32.2. The summed E-state index contributed by atoms with van der Waals surface area (Å²) in [6.07, 6.45) is 4.22. The largest absolute Gasteiger partial charge is 0.476 e. The molecule has 7 heteroatoms. The summed E-state index contributed by atoms with van der Waals surface area (Å²) in [5.74, 6) is -0.750. The predicted molar refractivity (Wildman–Crippen MR) is 61.0 cm³/mol. The van der Waals surface area contributed by atoms with E-state index >= 15 is 0 Å². The zero-order valence-electron chi connectivity index (χ0n) is 9.01. The zero-order valence-corrected chi connectivity index (χ0v) is 9.82. The number of carboxylic acid groups (broad SMARTS) is 1. The molecule has 0 saturated heterocycles. The third kappa shape index (κ3) is 3.58. The van der Waals surface area contributed by atoms with E-state index in [0.29, 0.717) is 12.4 Å². The van der Waals surface area contributed by atoms with Gasteiger partial charge in [-0.2, -0.15) is 0 Å². The number of aromatic carboxylic acids is 1. The number of hydrogen-bond donors (Lipinski definition) is 2. The lowest BCUT2D eigenvalue weighted by Gasteiger charge is -2.10. The first kappa shape index (κ1) is 12.6. The van der Waals surface area contributed by atoms with Crippen LogP contribution < -0.4 is 5.32 Å². The van der Waals surface area contributed by atoms with Gasteiger partial charge in [0.05, 0.1) is 12.4 Å². The van der Waals surface area contributed by atoms with Gasteiger partial charge >= 0.3 is 5.97 Å². The molecular weight excluding hydrogens is 230 g/mol. The van der Waals surface area contributed by atoms with Gasteiger partial charge in [-0.15, -0.1) is 0 Å². The highest BCUT2D eigenvalue weighted by Crippen LogP contribution is 2.03. The third-order valence-corrected chi connectivity index (χ3v) is 3.29. The first-order valence-corrected chi connectivity index (χ1v) is 6.24. The molecule has 0 aliphatic heterocycles. The van der Waals surface area contributed by atoms with E-state index < -0.39 is 16.8 Å². The maximum absolute atomic E-state index is 11.1. The summed E-state index contributed by atoms with van der Waals surface area (Å²) in [4.78, 5) is 18.2. The van der Waals surface area contributed by atoms with Gasteiger partial charge in [0.15, 0.2) is 5.69 Å². The van der Waals surface area contributed by atoms with Gasteiger partial charge in [-0.3, -0.25) is 9.19 Å². The first-order chi connectivity index (χ1) is 7.50. The number of rotatable bonds is 5. The molecule has 0 aromatic carbocycles. The molecular formula is C9H13N3O3S. The Morgan fingerprint density at radius 2 is 2.31 bits per heavy atom. The molecule has 2 unspecified atom stereocenters. The molecule has 0 aliphatic carbocycles. The lowest BCUT2D eigenvalue weighted by Crippen LogP contribution is -2.21. The lowest BCUT2D eigenvalue weighted by atomic mass is 10.4. The van der Waals surface area contributed by atoms with Crippen LogP contribution in [0.25, 0.3) is 0 Å². The Labute approximate surface area is 95.6 Å². The summed E-state index contributed by atoms with van der Waals surface area (Å²) in [7, 11) is -0.925. The second-order valence-corrected chi connectivity index (χ2v) is 5.09. The van der Waals surface area contributed by atoms with Gasteiger partial charge in [0.1, 0.15) is 5.82 Å². The van der Waals surface area contributed by atoms with Crippen LogP contribution in [0.2, 0.25) is 0 Å². The van der Waals surface area contributed by atoms with E-state index in [1.807, 2.05) is 6.92 Å². The van der Waals surface area contributed by atoms with Gasteiger partial charge in [-0.1, -0.05) is 0 Å². The number of carbonyl (C=O) groups is 1. The normalized spacial score (nSPS) is 14.1. The van der Waals surface area contributed by atoms with Crippen molar-refractivity contribution in [3.8, 4) is 0 Å². The Balaban J connectivity index is 2.64. The van der Waals surface area contributed by atoms with Crippen LogP contribution in [0, 0.1) is 0 Å². The molecule has 2 N–H and O–H groups in total. The number of carboxylic acids is 1. The topological polar surface area (TPSA) is 92.2 Å². The fourth-order valence-corrected chi connectivity index (χ4v) is 1.24. The van der Waals surface area contributed by atoms with Crippen molar-refractivity contribution >= 4 is 22.6 Å². The minimum absolute atomic E-state index is 0.0321. The Bertz CT molecular complexity index is 411. The Hall–Kier alpha value is -1.50. The van der Waals surface area contributed by atoms with Crippen molar-refractivity contribution in [3.05, 3.63) is 18.1 Å². The van der Waals surface area contributed by atoms with E-state index in [-0.39, 0.29) is 10.9 Å². The number of hydrogen-bond acceptors (Lipinski definition) is 5.